The minimum absolute atomic E-state index is 0.111. The highest BCUT2D eigenvalue weighted by atomic mass is 32.2. The quantitative estimate of drug-likeness (QED) is 0.299. The number of methoxy groups -OCH3 is 1. The standard InChI is InChI=1S/C30H41F3N4O6S/c1-4-18(2)25-29(42)37-14-7-9-23(37)28(41)34-21(8-5-6-15-44-17-24(38)30(31,32)33)26(39)35-22(27(40)36-25)16-19-10-12-20(43-3)13-11-19/h10-13,18,21-23,25H,4-9,14-17H2,1-3H3,(H,34,41)(H,35,39)(H,36,40)/t18?,21-,22+,23+,25-/m0/s1. The van der Waals surface area contributed by atoms with Gasteiger partial charge in [-0.3, -0.25) is 24.0 Å². The maximum atomic E-state index is 13.7. The maximum absolute atomic E-state index is 13.7. The predicted octanol–water partition coefficient (Wildman–Crippen LogP) is 2.78. The Kier molecular flexibility index (Phi) is 12.9. The van der Waals surface area contributed by atoms with Crippen molar-refractivity contribution in [2.24, 2.45) is 5.92 Å². The molecule has 2 aliphatic heterocycles. The molecule has 3 N–H and O–H groups in total. The number of thioether (sulfide) groups is 1. The van der Waals surface area contributed by atoms with E-state index in [1.807, 2.05) is 13.8 Å². The highest BCUT2D eigenvalue weighted by molar-refractivity contribution is 7.99. The Morgan fingerprint density at radius 1 is 1.02 bits per heavy atom. The van der Waals surface area contributed by atoms with Crippen LogP contribution in [0, 0.1) is 5.92 Å². The fourth-order valence-corrected chi connectivity index (χ4v) is 6.14. The number of rotatable bonds is 12. The monoisotopic (exact) mass is 642 g/mol. The van der Waals surface area contributed by atoms with Gasteiger partial charge in [0, 0.05) is 13.0 Å². The number of unbranched alkanes of at least 4 members (excludes halogenated alkanes) is 1. The molecule has 2 fully saturated rings. The average Bonchev–Trinajstić information content (AvgIpc) is 3.49. The highest BCUT2D eigenvalue weighted by Gasteiger charge is 2.42. The van der Waals surface area contributed by atoms with Gasteiger partial charge in [-0.05, 0) is 55.1 Å². The number of nitrogens with zero attached hydrogens (tertiary/aromatic N) is 1. The van der Waals surface area contributed by atoms with E-state index < -0.39 is 59.6 Å². The smallest absolute Gasteiger partial charge is 0.450 e. The molecule has 5 atom stereocenters. The summed E-state index contributed by atoms with van der Waals surface area (Å²) in [4.78, 5) is 67.0. The molecule has 0 spiro atoms. The van der Waals surface area contributed by atoms with Gasteiger partial charge in [0.25, 0.3) is 0 Å². The van der Waals surface area contributed by atoms with E-state index in [0.29, 0.717) is 44.4 Å². The lowest BCUT2D eigenvalue weighted by Gasteiger charge is -2.34. The number of Topliss-reactive ketones (excluding diaryl/α,β-unsaturated/α-hetero) is 1. The van der Waals surface area contributed by atoms with Crippen molar-refractivity contribution in [3.05, 3.63) is 29.8 Å². The van der Waals surface area contributed by atoms with Crippen LogP contribution in [0.4, 0.5) is 13.2 Å². The molecule has 1 aromatic carbocycles. The van der Waals surface area contributed by atoms with Crippen molar-refractivity contribution in [3.63, 3.8) is 0 Å². The third kappa shape index (κ3) is 9.60. The molecule has 14 heteroatoms. The summed E-state index contributed by atoms with van der Waals surface area (Å²) in [5.41, 5.74) is 0.732. The number of ether oxygens (including phenoxy) is 1. The predicted molar refractivity (Wildman–Crippen MR) is 159 cm³/mol. The Labute approximate surface area is 259 Å². The molecule has 44 heavy (non-hydrogen) atoms. The van der Waals surface area contributed by atoms with Crippen LogP contribution in [0.2, 0.25) is 0 Å². The van der Waals surface area contributed by atoms with E-state index >= 15 is 0 Å². The SMILES string of the molecule is CCC(C)[C@@H]1NC(=O)[C@@H](Cc2ccc(OC)cc2)NC(=O)[C@H](CCCCSCC(=O)C(F)(F)F)NC(=O)[C@H]2CCCN2C1=O. The molecule has 0 saturated carbocycles. The van der Waals surface area contributed by atoms with Crippen molar-refractivity contribution in [3.8, 4) is 5.75 Å². The summed E-state index contributed by atoms with van der Waals surface area (Å²) in [6, 6.07) is 3.21. The van der Waals surface area contributed by atoms with Crippen LogP contribution in [0.5, 0.6) is 5.75 Å². The van der Waals surface area contributed by atoms with Gasteiger partial charge in [0.1, 0.15) is 29.9 Å². The second kappa shape index (κ2) is 16.1. The van der Waals surface area contributed by atoms with Crippen LogP contribution in [-0.2, 0) is 30.4 Å². The molecule has 4 amide bonds. The third-order valence-corrected chi connectivity index (χ3v) is 9.10. The van der Waals surface area contributed by atoms with Crippen molar-refractivity contribution in [2.45, 2.75) is 89.1 Å². The fraction of sp³-hybridized carbons (Fsp3) is 0.633. The van der Waals surface area contributed by atoms with Crippen LogP contribution in [-0.4, -0.2) is 89.8 Å². The van der Waals surface area contributed by atoms with Crippen LogP contribution in [0.1, 0.15) is 57.9 Å². The van der Waals surface area contributed by atoms with Crippen molar-refractivity contribution in [1.29, 1.82) is 0 Å². The average molecular weight is 643 g/mol. The number of amides is 4. The van der Waals surface area contributed by atoms with E-state index in [4.69, 9.17) is 4.74 Å². The van der Waals surface area contributed by atoms with Crippen molar-refractivity contribution >= 4 is 41.2 Å². The Bertz CT molecular complexity index is 1180. The molecule has 0 aromatic heterocycles. The number of carbonyl (C=O) groups excluding carboxylic acids is 5. The summed E-state index contributed by atoms with van der Waals surface area (Å²) < 4.78 is 42.6. The number of alkyl halides is 3. The summed E-state index contributed by atoms with van der Waals surface area (Å²) in [5.74, 6) is -3.76. The van der Waals surface area contributed by atoms with Gasteiger partial charge in [-0.2, -0.15) is 24.9 Å². The lowest BCUT2D eigenvalue weighted by Crippen LogP contribution is -2.62. The molecule has 2 aliphatic rings. The molecule has 2 saturated heterocycles. The number of fused-ring (bicyclic) bond motifs is 1. The van der Waals surface area contributed by atoms with Gasteiger partial charge in [-0.1, -0.05) is 38.8 Å². The molecule has 1 aromatic rings. The molecule has 1 unspecified atom stereocenters. The number of nitrogens with one attached hydrogen (secondary N) is 3. The zero-order valence-corrected chi connectivity index (χ0v) is 26.0. The first-order valence-corrected chi connectivity index (χ1v) is 16.0. The molecular formula is C30H41F3N4O6S. The Morgan fingerprint density at radius 2 is 1.68 bits per heavy atom. The number of benzene rings is 1. The Morgan fingerprint density at radius 3 is 2.32 bits per heavy atom. The molecule has 3 rings (SSSR count). The second-order valence-electron chi connectivity index (χ2n) is 11.2. The van der Waals surface area contributed by atoms with E-state index in [1.54, 1.807) is 24.3 Å². The van der Waals surface area contributed by atoms with Crippen molar-refractivity contribution in [1.82, 2.24) is 20.9 Å². The third-order valence-electron chi connectivity index (χ3n) is 8.06. The zero-order valence-electron chi connectivity index (χ0n) is 25.2. The normalized spacial score (nSPS) is 23.9. The van der Waals surface area contributed by atoms with E-state index in [2.05, 4.69) is 16.0 Å². The van der Waals surface area contributed by atoms with Crippen LogP contribution in [0.15, 0.2) is 24.3 Å². The maximum Gasteiger partial charge on any atom is 0.450 e. The minimum Gasteiger partial charge on any atom is -0.497 e. The topological polar surface area (TPSA) is 134 Å². The van der Waals surface area contributed by atoms with Gasteiger partial charge in [0.15, 0.2) is 0 Å². The van der Waals surface area contributed by atoms with Crippen LogP contribution < -0.4 is 20.7 Å². The number of carbonyl (C=O) groups is 5. The fourth-order valence-electron chi connectivity index (χ4n) is 5.23. The van der Waals surface area contributed by atoms with Gasteiger partial charge < -0.3 is 25.6 Å². The molecule has 0 aliphatic carbocycles. The van der Waals surface area contributed by atoms with Gasteiger partial charge in [-0.15, -0.1) is 0 Å². The summed E-state index contributed by atoms with van der Waals surface area (Å²) >= 11 is 0.853. The van der Waals surface area contributed by atoms with Gasteiger partial charge in [0.2, 0.25) is 29.4 Å². The first-order valence-electron chi connectivity index (χ1n) is 14.9. The minimum atomic E-state index is -4.87. The summed E-state index contributed by atoms with van der Waals surface area (Å²) in [6.07, 6.45) is -2.24. The lowest BCUT2D eigenvalue weighted by molar-refractivity contribution is -0.167. The number of hydrogen-bond donors (Lipinski definition) is 3. The van der Waals surface area contributed by atoms with Gasteiger partial charge in [-0.25, -0.2) is 0 Å². The lowest BCUT2D eigenvalue weighted by atomic mass is 9.95. The van der Waals surface area contributed by atoms with E-state index in [1.165, 1.54) is 12.0 Å². The summed E-state index contributed by atoms with van der Waals surface area (Å²) in [5, 5.41) is 8.41. The first kappa shape index (κ1) is 35.2. The van der Waals surface area contributed by atoms with Crippen molar-refractivity contribution in [2.75, 3.05) is 25.2 Å². The number of hydrogen-bond acceptors (Lipinski definition) is 7. The first-order chi connectivity index (χ1) is 20.8. The van der Waals surface area contributed by atoms with Crippen molar-refractivity contribution < 1.29 is 41.9 Å². The molecule has 10 nitrogen and oxygen atoms in total. The van der Waals surface area contributed by atoms with E-state index in [0.717, 1.165) is 17.3 Å². The highest BCUT2D eigenvalue weighted by Crippen LogP contribution is 2.23. The van der Waals surface area contributed by atoms with Crippen LogP contribution in [0.25, 0.3) is 0 Å². The van der Waals surface area contributed by atoms with Gasteiger partial charge in [0.05, 0.1) is 12.9 Å². The molecule has 244 valence electrons. The molecular weight excluding hydrogens is 601 g/mol. The molecule has 2 heterocycles. The van der Waals surface area contributed by atoms with E-state index in [9.17, 15) is 37.1 Å². The van der Waals surface area contributed by atoms with Crippen LogP contribution >= 0.6 is 11.8 Å². The molecule has 0 bridgehead atoms. The Balaban J connectivity index is 1.81. The summed E-state index contributed by atoms with van der Waals surface area (Å²) in [6.45, 7) is 4.10. The summed E-state index contributed by atoms with van der Waals surface area (Å²) in [7, 11) is 1.53. The number of ketones is 1. The zero-order chi connectivity index (χ0) is 32.4. The molecule has 0 radical (unpaired) electrons. The van der Waals surface area contributed by atoms with Crippen LogP contribution in [0.3, 0.4) is 0 Å². The second-order valence-corrected chi connectivity index (χ2v) is 12.3. The van der Waals surface area contributed by atoms with E-state index in [-0.39, 0.29) is 30.4 Å². The van der Waals surface area contributed by atoms with Gasteiger partial charge >= 0.3 is 6.18 Å². The Hall–Kier alpha value is -3.29. The largest absolute Gasteiger partial charge is 0.497 e. The number of halogens is 3.